The number of aryl methyl sites for hydroxylation is 1. The molecule has 0 spiro atoms. The number of ether oxygens (including phenoxy) is 3. The molecule has 2 amide bonds. The average Bonchev–Trinajstić information content (AvgIpc) is 3.40. The molecule has 2 N–H and O–H groups in total. The van der Waals surface area contributed by atoms with Gasteiger partial charge in [-0.3, -0.25) is 14.9 Å². The van der Waals surface area contributed by atoms with Gasteiger partial charge in [-0.2, -0.15) is 0 Å². The highest BCUT2D eigenvalue weighted by Crippen LogP contribution is 2.24. The Hall–Kier alpha value is -4.94. The van der Waals surface area contributed by atoms with Crippen molar-refractivity contribution in [2.24, 2.45) is 0 Å². The van der Waals surface area contributed by atoms with Crippen molar-refractivity contribution in [2.75, 3.05) is 6.61 Å². The zero-order valence-corrected chi connectivity index (χ0v) is 25.5. The lowest BCUT2D eigenvalue weighted by Gasteiger charge is -2.29. The Morgan fingerprint density at radius 3 is 2.32 bits per heavy atom. The van der Waals surface area contributed by atoms with Gasteiger partial charge in [-0.05, 0) is 71.6 Å². The van der Waals surface area contributed by atoms with Crippen LogP contribution in [0.25, 0.3) is 0 Å². The predicted molar refractivity (Wildman–Crippen MR) is 159 cm³/mol. The fourth-order valence-electron chi connectivity index (χ4n) is 4.13. The van der Waals surface area contributed by atoms with Crippen molar-refractivity contribution in [1.82, 2.24) is 15.8 Å². The smallest absolute Gasteiger partial charge is 0.444 e. The first-order valence-corrected chi connectivity index (χ1v) is 14.1. The molecule has 1 unspecified atom stereocenters. The van der Waals surface area contributed by atoms with Gasteiger partial charge in [0.2, 0.25) is 5.91 Å². The van der Waals surface area contributed by atoms with Crippen molar-refractivity contribution < 1.29 is 38.0 Å². The Balaban J connectivity index is 1.66. The van der Waals surface area contributed by atoms with Gasteiger partial charge in [0.05, 0.1) is 17.6 Å². The second kappa shape index (κ2) is 15.0. The normalized spacial score (nSPS) is 12.1. The highest BCUT2D eigenvalue weighted by atomic mass is 16.7. The Kier molecular flexibility index (Phi) is 11.4. The summed E-state index contributed by atoms with van der Waals surface area (Å²) < 4.78 is 20.8. The van der Waals surface area contributed by atoms with Gasteiger partial charge in [-0.15, -0.1) is 0 Å². The maximum atomic E-state index is 13.4. The number of benzene rings is 2. The molecule has 2 aromatic carbocycles. The molecule has 0 saturated carbocycles. The summed E-state index contributed by atoms with van der Waals surface area (Å²) in [5.74, 6) is -0.361. The standard InChI is InChI=1S/C31H38N4O9/c1-30(2,3)44-28(37)33-31(4,5)27(36)32-25(13-9-12-21-10-7-6-8-11-21)26-22(20-42-34-26)18-19-41-29(38)43-24-16-14-23(15-17-24)35(39)40/h6-8,10-11,14-17,20,25H,9,12-13,18-19H2,1-5H3,(H,32,36)(H,33,37). The maximum Gasteiger partial charge on any atom is 0.513 e. The molecule has 3 rings (SSSR count). The van der Waals surface area contributed by atoms with E-state index >= 15 is 0 Å². The van der Waals surface area contributed by atoms with Gasteiger partial charge in [0.1, 0.15) is 28.8 Å². The van der Waals surface area contributed by atoms with E-state index in [0.717, 1.165) is 12.0 Å². The molecular weight excluding hydrogens is 572 g/mol. The first-order chi connectivity index (χ1) is 20.7. The second-order valence-corrected chi connectivity index (χ2v) is 11.6. The fraction of sp³-hybridized carbons (Fsp3) is 0.419. The molecule has 1 heterocycles. The molecule has 0 radical (unpaired) electrons. The fourth-order valence-corrected chi connectivity index (χ4v) is 4.13. The summed E-state index contributed by atoms with van der Waals surface area (Å²) >= 11 is 0. The monoisotopic (exact) mass is 610 g/mol. The second-order valence-electron chi connectivity index (χ2n) is 11.6. The Labute approximate surface area is 255 Å². The SMILES string of the molecule is CC(C)(C)OC(=O)NC(C)(C)C(=O)NC(CCCc1ccccc1)c1nocc1CCOC(=O)Oc1ccc([N+](=O)[O-])cc1. The van der Waals surface area contributed by atoms with Crippen LogP contribution in [0, 0.1) is 10.1 Å². The molecular formula is C31H38N4O9. The van der Waals surface area contributed by atoms with Gasteiger partial charge < -0.3 is 29.4 Å². The third kappa shape index (κ3) is 10.7. The number of nitro benzene ring substituents is 1. The first-order valence-electron chi connectivity index (χ1n) is 14.1. The lowest BCUT2D eigenvalue weighted by molar-refractivity contribution is -0.384. The zero-order valence-electron chi connectivity index (χ0n) is 25.5. The minimum Gasteiger partial charge on any atom is -0.444 e. The van der Waals surface area contributed by atoms with E-state index in [4.69, 9.17) is 18.7 Å². The van der Waals surface area contributed by atoms with Crippen LogP contribution in [0.4, 0.5) is 15.3 Å². The number of carbonyl (C=O) groups excluding carboxylic acids is 3. The number of nitro groups is 1. The number of hydrogen-bond acceptors (Lipinski definition) is 10. The number of alkyl carbamates (subject to hydrolysis) is 1. The molecule has 13 heteroatoms. The largest absolute Gasteiger partial charge is 0.513 e. The number of amides is 2. The number of nitrogens with zero attached hydrogens (tertiary/aromatic N) is 2. The molecule has 44 heavy (non-hydrogen) atoms. The van der Waals surface area contributed by atoms with Crippen molar-refractivity contribution >= 4 is 23.8 Å². The molecule has 0 aliphatic rings. The summed E-state index contributed by atoms with van der Waals surface area (Å²) in [6.45, 7) is 8.24. The van der Waals surface area contributed by atoms with Gasteiger partial charge in [0.15, 0.2) is 0 Å². The number of nitrogens with one attached hydrogen (secondary N) is 2. The van der Waals surface area contributed by atoms with Crippen molar-refractivity contribution in [1.29, 1.82) is 0 Å². The summed E-state index contributed by atoms with van der Waals surface area (Å²) in [5.41, 5.74) is 0.0322. The van der Waals surface area contributed by atoms with Gasteiger partial charge in [0, 0.05) is 24.1 Å². The van der Waals surface area contributed by atoms with Gasteiger partial charge in [0.25, 0.3) is 5.69 Å². The number of rotatable bonds is 13. The van der Waals surface area contributed by atoms with Crippen LogP contribution in [-0.2, 0) is 27.1 Å². The predicted octanol–water partition coefficient (Wildman–Crippen LogP) is 5.82. The molecule has 0 fully saturated rings. The Morgan fingerprint density at radius 1 is 1.00 bits per heavy atom. The van der Waals surface area contributed by atoms with Crippen LogP contribution in [0.5, 0.6) is 5.75 Å². The molecule has 0 saturated heterocycles. The van der Waals surface area contributed by atoms with Crippen LogP contribution in [-0.4, -0.2) is 46.0 Å². The Morgan fingerprint density at radius 2 is 1.68 bits per heavy atom. The lowest BCUT2D eigenvalue weighted by atomic mass is 9.97. The van der Waals surface area contributed by atoms with Gasteiger partial charge in [-0.25, -0.2) is 9.59 Å². The van der Waals surface area contributed by atoms with E-state index in [9.17, 15) is 24.5 Å². The minimum atomic E-state index is -1.31. The quantitative estimate of drug-likeness (QED) is 0.104. The van der Waals surface area contributed by atoms with Crippen molar-refractivity contribution in [3.63, 3.8) is 0 Å². The van der Waals surface area contributed by atoms with E-state index in [1.54, 1.807) is 34.6 Å². The third-order valence-electron chi connectivity index (χ3n) is 6.33. The molecule has 0 aliphatic carbocycles. The molecule has 3 aromatic rings. The highest BCUT2D eigenvalue weighted by molar-refractivity contribution is 5.89. The maximum absolute atomic E-state index is 13.4. The minimum absolute atomic E-state index is 0.0869. The van der Waals surface area contributed by atoms with Gasteiger partial charge in [-0.1, -0.05) is 35.5 Å². The van der Waals surface area contributed by atoms with Crippen molar-refractivity contribution in [2.45, 2.75) is 77.5 Å². The number of hydrogen-bond donors (Lipinski definition) is 2. The van der Waals surface area contributed by atoms with Crippen LogP contribution in [0.15, 0.2) is 65.4 Å². The van der Waals surface area contributed by atoms with Crippen LogP contribution in [0.3, 0.4) is 0 Å². The summed E-state index contributed by atoms with van der Waals surface area (Å²) in [7, 11) is 0. The van der Waals surface area contributed by atoms with Crippen LogP contribution in [0.1, 0.15) is 70.3 Å². The van der Waals surface area contributed by atoms with Crippen LogP contribution in [0.2, 0.25) is 0 Å². The van der Waals surface area contributed by atoms with Crippen LogP contribution >= 0.6 is 0 Å². The summed E-state index contributed by atoms with van der Waals surface area (Å²) in [5, 5.41) is 20.5. The lowest BCUT2D eigenvalue weighted by Crippen LogP contribution is -2.56. The third-order valence-corrected chi connectivity index (χ3v) is 6.33. The summed E-state index contributed by atoms with van der Waals surface area (Å²) in [6, 6.07) is 14.3. The van der Waals surface area contributed by atoms with Crippen molar-refractivity contribution in [3.8, 4) is 5.75 Å². The average molecular weight is 611 g/mol. The van der Waals surface area contributed by atoms with E-state index in [-0.39, 0.29) is 24.5 Å². The molecule has 0 bridgehead atoms. The van der Waals surface area contributed by atoms with E-state index in [2.05, 4.69) is 15.8 Å². The first kappa shape index (κ1) is 33.6. The molecule has 1 atom stereocenters. The van der Waals surface area contributed by atoms with Gasteiger partial charge >= 0.3 is 12.2 Å². The topological polar surface area (TPSA) is 172 Å². The van der Waals surface area contributed by atoms with E-state index in [1.807, 2.05) is 30.3 Å². The van der Waals surface area contributed by atoms with E-state index in [0.29, 0.717) is 24.1 Å². The molecule has 0 aliphatic heterocycles. The zero-order chi connectivity index (χ0) is 32.3. The Bertz CT molecular complexity index is 1410. The molecule has 13 nitrogen and oxygen atoms in total. The summed E-state index contributed by atoms with van der Waals surface area (Å²) in [4.78, 5) is 48.2. The number of non-ortho nitro benzene ring substituents is 1. The van der Waals surface area contributed by atoms with E-state index < -0.39 is 40.3 Å². The molecule has 1 aromatic heterocycles. The van der Waals surface area contributed by atoms with E-state index in [1.165, 1.54) is 30.5 Å². The van der Waals surface area contributed by atoms with Crippen LogP contribution < -0.4 is 15.4 Å². The summed E-state index contributed by atoms with van der Waals surface area (Å²) in [6.07, 6.45) is 1.89. The van der Waals surface area contributed by atoms with Crippen molar-refractivity contribution in [3.05, 3.63) is 87.8 Å². The highest BCUT2D eigenvalue weighted by Gasteiger charge is 2.34. The number of aromatic nitrogens is 1. The molecule has 236 valence electrons. The number of carbonyl (C=O) groups is 3.